The molecule has 2 amide bonds. The Morgan fingerprint density at radius 1 is 1.37 bits per heavy atom. The normalized spacial score (nSPS) is 24.2. The lowest BCUT2D eigenvalue weighted by Gasteiger charge is -2.34. The third-order valence-electron chi connectivity index (χ3n) is 3.40. The summed E-state index contributed by atoms with van der Waals surface area (Å²) >= 11 is 0. The van der Waals surface area contributed by atoms with Crippen LogP contribution in [0.15, 0.2) is 0 Å². The number of nitrogens with zero attached hydrogens (tertiary/aromatic N) is 1. The van der Waals surface area contributed by atoms with E-state index in [0.717, 1.165) is 6.42 Å². The van der Waals surface area contributed by atoms with Gasteiger partial charge in [-0.15, -0.1) is 0 Å². The fourth-order valence-electron chi connectivity index (χ4n) is 2.11. The van der Waals surface area contributed by atoms with Crippen LogP contribution in [0.25, 0.3) is 0 Å². The zero-order valence-electron chi connectivity index (χ0n) is 12.4. The van der Waals surface area contributed by atoms with Crippen molar-refractivity contribution in [3.8, 4) is 0 Å². The summed E-state index contributed by atoms with van der Waals surface area (Å²) < 4.78 is 0. The highest BCUT2D eigenvalue weighted by atomic mass is 16.3. The van der Waals surface area contributed by atoms with Crippen LogP contribution in [0.5, 0.6) is 0 Å². The molecule has 5 heteroatoms. The molecule has 1 aliphatic heterocycles. The molecule has 0 aromatic heterocycles. The van der Waals surface area contributed by atoms with Gasteiger partial charge in [0, 0.05) is 19.5 Å². The lowest BCUT2D eigenvalue weighted by Crippen LogP contribution is -2.49. The van der Waals surface area contributed by atoms with Gasteiger partial charge in [0.25, 0.3) is 0 Å². The first-order chi connectivity index (χ1) is 8.69. The number of hydrogen-bond acceptors (Lipinski definition) is 3. The molecule has 0 aliphatic carbocycles. The third-order valence-corrected chi connectivity index (χ3v) is 3.40. The summed E-state index contributed by atoms with van der Waals surface area (Å²) in [6, 6.07) is 0. The molecule has 2 N–H and O–H groups in total. The third kappa shape index (κ3) is 5.59. The van der Waals surface area contributed by atoms with Crippen molar-refractivity contribution in [2.75, 3.05) is 19.6 Å². The Bertz CT molecular complexity index is 336. The van der Waals surface area contributed by atoms with Crippen LogP contribution < -0.4 is 5.32 Å². The van der Waals surface area contributed by atoms with Crippen LogP contribution in [0, 0.1) is 11.3 Å². The van der Waals surface area contributed by atoms with Gasteiger partial charge in [0.1, 0.15) is 0 Å². The predicted octanol–water partition coefficient (Wildman–Crippen LogP) is 0.768. The van der Waals surface area contributed by atoms with Gasteiger partial charge in [-0.2, -0.15) is 0 Å². The quantitative estimate of drug-likeness (QED) is 0.796. The van der Waals surface area contributed by atoms with E-state index < -0.39 is 6.10 Å². The minimum atomic E-state index is -0.456. The van der Waals surface area contributed by atoms with Crippen molar-refractivity contribution in [3.63, 3.8) is 0 Å². The summed E-state index contributed by atoms with van der Waals surface area (Å²) in [5, 5.41) is 12.4. The van der Waals surface area contributed by atoms with Crippen molar-refractivity contribution in [3.05, 3.63) is 0 Å². The molecular weight excluding hydrogens is 244 g/mol. The van der Waals surface area contributed by atoms with Crippen LogP contribution in [0.2, 0.25) is 0 Å². The minimum absolute atomic E-state index is 0.0238. The van der Waals surface area contributed by atoms with Crippen molar-refractivity contribution < 1.29 is 14.7 Å². The summed E-state index contributed by atoms with van der Waals surface area (Å²) in [6.07, 6.45) is 0.756. The molecule has 2 atom stereocenters. The molecular formula is C14H26N2O3. The van der Waals surface area contributed by atoms with Gasteiger partial charge in [-0.25, -0.2) is 0 Å². The van der Waals surface area contributed by atoms with E-state index in [9.17, 15) is 14.7 Å². The van der Waals surface area contributed by atoms with E-state index in [-0.39, 0.29) is 29.7 Å². The monoisotopic (exact) mass is 270 g/mol. The first kappa shape index (κ1) is 16.0. The molecule has 0 bridgehead atoms. The van der Waals surface area contributed by atoms with Gasteiger partial charge in [-0.3, -0.25) is 9.59 Å². The number of hydrogen-bond donors (Lipinski definition) is 2. The van der Waals surface area contributed by atoms with E-state index in [1.54, 1.807) is 4.90 Å². The van der Waals surface area contributed by atoms with Gasteiger partial charge in [0.15, 0.2) is 0 Å². The average molecular weight is 270 g/mol. The molecule has 5 nitrogen and oxygen atoms in total. The second-order valence-electron chi connectivity index (χ2n) is 6.69. The van der Waals surface area contributed by atoms with E-state index in [1.165, 1.54) is 0 Å². The fourth-order valence-corrected chi connectivity index (χ4v) is 2.11. The van der Waals surface area contributed by atoms with Crippen LogP contribution in [0.4, 0.5) is 0 Å². The van der Waals surface area contributed by atoms with E-state index in [1.807, 2.05) is 27.7 Å². The van der Waals surface area contributed by atoms with Crippen molar-refractivity contribution in [2.45, 2.75) is 46.6 Å². The summed E-state index contributed by atoms with van der Waals surface area (Å²) in [7, 11) is 0. The van der Waals surface area contributed by atoms with Gasteiger partial charge in [-0.1, -0.05) is 27.7 Å². The maximum absolute atomic E-state index is 11.9. The van der Waals surface area contributed by atoms with Crippen LogP contribution in [-0.4, -0.2) is 47.6 Å². The Labute approximate surface area is 115 Å². The number of β-amino-alcohol motifs (C(OH)–C–C–N with tert-alkyl or cyclic N) is 1. The number of carbonyl (C=O) groups is 2. The molecule has 110 valence electrons. The molecule has 1 rings (SSSR count). The molecule has 1 saturated heterocycles. The van der Waals surface area contributed by atoms with E-state index >= 15 is 0 Å². The van der Waals surface area contributed by atoms with Gasteiger partial charge in [-0.05, 0) is 17.8 Å². The standard InChI is InChI=1S/C14H26N2O3/c1-10-5-6-16(9-11(10)17)13(19)8-15-12(18)7-14(2,3)4/h10-11,17H,5-9H2,1-4H3,(H,15,18). The SMILES string of the molecule is CC1CCN(C(=O)CNC(=O)CC(C)(C)C)CC1O. The van der Waals surface area contributed by atoms with Crippen LogP contribution >= 0.6 is 0 Å². The van der Waals surface area contributed by atoms with Crippen molar-refractivity contribution >= 4 is 11.8 Å². The molecule has 0 aromatic rings. The molecule has 1 aliphatic rings. The fraction of sp³-hybridized carbons (Fsp3) is 0.857. The first-order valence-electron chi connectivity index (χ1n) is 6.91. The van der Waals surface area contributed by atoms with Crippen molar-refractivity contribution in [1.29, 1.82) is 0 Å². The largest absolute Gasteiger partial charge is 0.391 e. The van der Waals surface area contributed by atoms with Crippen LogP contribution in [0.3, 0.4) is 0 Å². The highest BCUT2D eigenvalue weighted by Gasteiger charge is 2.27. The second-order valence-corrected chi connectivity index (χ2v) is 6.69. The Morgan fingerprint density at radius 2 is 2.00 bits per heavy atom. The molecule has 0 radical (unpaired) electrons. The summed E-state index contributed by atoms with van der Waals surface area (Å²) in [4.78, 5) is 25.2. The maximum Gasteiger partial charge on any atom is 0.242 e. The van der Waals surface area contributed by atoms with E-state index in [4.69, 9.17) is 0 Å². The molecule has 1 fully saturated rings. The average Bonchev–Trinajstić information content (AvgIpc) is 2.27. The lowest BCUT2D eigenvalue weighted by molar-refractivity contribution is -0.136. The molecule has 0 aromatic carbocycles. The topological polar surface area (TPSA) is 69.6 Å². The van der Waals surface area contributed by atoms with Gasteiger partial charge >= 0.3 is 0 Å². The maximum atomic E-state index is 11.9. The predicted molar refractivity (Wildman–Crippen MR) is 73.4 cm³/mol. The summed E-state index contributed by atoms with van der Waals surface area (Å²) in [6.45, 7) is 8.99. The zero-order chi connectivity index (χ0) is 14.6. The summed E-state index contributed by atoms with van der Waals surface area (Å²) in [5.74, 6) is 0.0134. The molecule has 0 spiro atoms. The number of likely N-dealkylation sites (tertiary alicyclic amines) is 1. The Kier molecular flexibility index (Phi) is 5.35. The number of rotatable bonds is 3. The number of piperidine rings is 1. The van der Waals surface area contributed by atoms with Gasteiger partial charge in [0.05, 0.1) is 12.6 Å². The van der Waals surface area contributed by atoms with Crippen LogP contribution in [-0.2, 0) is 9.59 Å². The first-order valence-corrected chi connectivity index (χ1v) is 6.91. The highest BCUT2D eigenvalue weighted by Crippen LogP contribution is 2.18. The zero-order valence-corrected chi connectivity index (χ0v) is 12.4. The Morgan fingerprint density at radius 3 is 2.53 bits per heavy atom. The molecule has 1 heterocycles. The second kappa shape index (κ2) is 6.37. The molecule has 19 heavy (non-hydrogen) atoms. The Hall–Kier alpha value is -1.10. The number of amides is 2. The van der Waals surface area contributed by atoms with Gasteiger partial charge in [0.2, 0.25) is 11.8 Å². The van der Waals surface area contributed by atoms with Crippen molar-refractivity contribution in [2.24, 2.45) is 11.3 Å². The van der Waals surface area contributed by atoms with Crippen LogP contribution in [0.1, 0.15) is 40.5 Å². The summed E-state index contributed by atoms with van der Waals surface area (Å²) in [5.41, 5.74) is -0.0795. The lowest BCUT2D eigenvalue weighted by atomic mass is 9.92. The number of carbonyl (C=O) groups excluding carboxylic acids is 2. The number of nitrogens with one attached hydrogen (secondary N) is 1. The number of aliphatic hydroxyl groups is 1. The van der Waals surface area contributed by atoms with E-state index in [2.05, 4.69) is 5.32 Å². The minimum Gasteiger partial charge on any atom is -0.391 e. The van der Waals surface area contributed by atoms with E-state index in [0.29, 0.717) is 19.5 Å². The van der Waals surface area contributed by atoms with Crippen molar-refractivity contribution in [1.82, 2.24) is 10.2 Å². The molecule has 0 saturated carbocycles. The van der Waals surface area contributed by atoms with Gasteiger partial charge < -0.3 is 15.3 Å². The highest BCUT2D eigenvalue weighted by molar-refractivity contribution is 5.85. The molecule has 2 unspecified atom stereocenters. The smallest absolute Gasteiger partial charge is 0.242 e. The number of aliphatic hydroxyl groups excluding tert-OH is 1. The Balaban J connectivity index is 2.34.